The Bertz CT molecular complexity index is 2140. The van der Waals surface area contributed by atoms with Gasteiger partial charge in [-0.3, -0.25) is 19.4 Å². The third kappa shape index (κ3) is 4.65. The number of amides is 2. The summed E-state index contributed by atoms with van der Waals surface area (Å²) in [4.78, 5) is 30.9. The van der Waals surface area contributed by atoms with Crippen LogP contribution in [0.3, 0.4) is 0 Å². The molecule has 1 fully saturated rings. The maximum Gasteiger partial charge on any atom is 0.293 e. The maximum absolute atomic E-state index is 15.4. The molecule has 4 heterocycles. The first kappa shape index (κ1) is 30.1. The molecule has 15 heteroatoms. The van der Waals surface area contributed by atoms with Crippen molar-refractivity contribution < 1.29 is 35.9 Å². The van der Waals surface area contributed by atoms with Crippen LogP contribution >= 0.6 is 0 Å². The number of hydrogen-bond acceptors (Lipinski definition) is 5. The molecule has 4 atom stereocenters. The summed E-state index contributed by atoms with van der Waals surface area (Å²) >= 11 is 0. The summed E-state index contributed by atoms with van der Waals surface area (Å²) < 4.78 is 88.1. The van der Waals surface area contributed by atoms with Crippen LogP contribution in [0.1, 0.15) is 69.4 Å². The van der Waals surface area contributed by atoms with E-state index in [2.05, 4.69) is 25.9 Å². The smallest absolute Gasteiger partial charge is 0.293 e. The summed E-state index contributed by atoms with van der Waals surface area (Å²) in [5, 5.41) is 16.2. The average molecular weight is 666 g/mol. The molecule has 0 unspecified atom stereocenters. The fourth-order valence-corrected chi connectivity index (χ4v) is 7.51. The third-order valence-electron chi connectivity index (χ3n) is 9.58. The van der Waals surface area contributed by atoms with Gasteiger partial charge < -0.3 is 10.6 Å². The van der Waals surface area contributed by atoms with Crippen molar-refractivity contribution in [1.82, 2.24) is 35.6 Å². The molecule has 1 saturated carbocycles. The SMILES string of the molecule is C[C@@H]1[C@@H]2c3c(C(F)F)nn(CC(=O)N[C@@H](Cc4cc(F)cc(F)c4)c4nc5cn[nH]c5cc4-c4cccc5c4CNC5=O)c3C(F)(F)[C@H]12. The van der Waals surface area contributed by atoms with E-state index in [1.807, 2.05) is 0 Å². The molecular weight excluding hydrogens is 640 g/mol. The number of fused-ring (bicyclic) bond motifs is 5. The van der Waals surface area contributed by atoms with E-state index in [0.29, 0.717) is 44.0 Å². The van der Waals surface area contributed by atoms with Gasteiger partial charge in [-0.05, 0) is 53.3 Å². The molecule has 48 heavy (non-hydrogen) atoms. The summed E-state index contributed by atoms with van der Waals surface area (Å²) in [7, 11) is 0. The van der Waals surface area contributed by atoms with Gasteiger partial charge >= 0.3 is 0 Å². The lowest BCUT2D eigenvalue weighted by atomic mass is 9.91. The number of pyridine rings is 1. The van der Waals surface area contributed by atoms with Crippen molar-refractivity contribution in [1.29, 1.82) is 0 Å². The van der Waals surface area contributed by atoms with Crippen molar-refractivity contribution in [2.45, 2.75) is 50.7 Å². The summed E-state index contributed by atoms with van der Waals surface area (Å²) in [5.74, 6) is -8.74. The number of H-pyrrole nitrogens is 1. The zero-order valence-corrected chi connectivity index (χ0v) is 25.0. The molecule has 2 aliphatic carbocycles. The van der Waals surface area contributed by atoms with Crippen molar-refractivity contribution >= 4 is 22.8 Å². The van der Waals surface area contributed by atoms with E-state index in [1.54, 1.807) is 31.2 Å². The van der Waals surface area contributed by atoms with E-state index in [1.165, 1.54) is 6.20 Å². The van der Waals surface area contributed by atoms with Crippen LogP contribution in [0.2, 0.25) is 0 Å². The van der Waals surface area contributed by atoms with Crippen LogP contribution in [0, 0.1) is 23.5 Å². The predicted octanol–water partition coefficient (Wildman–Crippen LogP) is 5.84. The zero-order valence-electron chi connectivity index (χ0n) is 25.0. The molecule has 246 valence electrons. The largest absolute Gasteiger partial charge is 0.348 e. The molecule has 2 aromatic carbocycles. The van der Waals surface area contributed by atoms with Crippen molar-refractivity contribution in [3.63, 3.8) is 0 Å². The number of rotatable bonds is 8. The summed E-state index contributed by atoms with van der Waals surface area (Å²) in [6.45, 7) is 0.957. The van der Waals surface area contributed by atoms with E-state index in [9.17, 15) is 27.2 Å². The second-order valence-corrected chi connectivity index (χ2v) is 12.5. The van der Waals surface area contributed by atoms with Crippen molar-refractivity contribution in [3.05, 3.63) is 99.6 Å². The Labute approximate surface area is 267 Å². The summed E-state index contributed by atoms with van der Waals surface area (Å²) in [5.41, 5.74) is 1.77. The van der Waals surface area contributed by atoms with E-state index >= 15 is 8.78 Å². The quantitative estimate of drug-likeness (QED) is 0.180. The first-order valence-electron chi connectivity index (χ1n) is 15.2. The highest BCUT2D eigenvalue weighted by Crippen LogP contribution is 2.71. The van der Waals surface area contributed by atoms with Gasteiger partial charge in [0.1, 0.15) is 35.1 Å². The van der Waals surface area contributed by atoms with Crippen LogP contribution in [0.25, 0.3) is 22.2 Å². The molecule has 3 aliphatic rings. The van der Waals surface area contributed by atoms with Gasteiger partial charge in [-0.15, -0.1) is 0 Å². The fourth-order valence-electron chi connectivity index (χ4n) is 7.51. The molecular formula is C33H25F6N7O2. The van der Waals surface area contributed by atoms with E-state index in [0.717, 1.165) is 12.1 Å². The number of alkyl halides is 4. The van der Waals surface area contributed by atoms with Gasteiger partial charge in [-0.2, -0.15) is 19.0 Å². The molecule has 0 radical (unpaired) electrons. The molecule has 9 nitrogen and oxygen atoms in total. The highest BCUT2D eigenvalue weighted by Gasteiger charge is 2.71. The lowest BCUT2D eigenvalue weighted by Gasteiger charge is -2.23. The Morgan fingerprint density at radius 2 is 1.83 bits per heavy atom. The monoisotopic (exact) mass is 665 g/mol. The van der Waals surface area contributed by atoms with Crippen molar-refractivity contribution in [3.8, 4) is 11.1 Å². The van der Waals surface area contributed by atoms with E-state index in [4.69, 9.17) is 4.98 Å². The molecule has 0 spiro atoms. The second-order valence-electron chi connectivity index (χ2n) is 12.5. The van der Waals surface area contributed by atoms with Crippen LogP contribution in [-0.2, 0) is 30.2 Å². The Morgan fingerprint density at radius 1 is 1.08 bits per heavy atom. The van der Waals surface area contributed by atoms with Crippen LogP contribution in [0.4, 0.5) is 26.3 Å². The highest BCUT2D eigenvalue weighted by molar-refractivity contribution is 6.01. The Balaban J connectivity index is 1.22. The van der Waals surface area contributed by atoms with Crippen LogP contribution < -0.4 is 10.6 Å². The Kier molecular flexibility index (Phi) is 6.69. The minimum Gasteiger partial charge on any atom is -0.348 e. The van der Waals surface area contributed by atoms with Gasteiger partial charge in [0.25, 0.3) is 18.3 Å². The average Bonchev–Trinajstić information content (AvgIpc) is 3.44. The Morgan fingerprint density at radius 3 is 2.58 bits per heavy atom. The van der Waals surface area contributed by atoms with Crippen LogP contribution in [0.15, 0.2) is 48.7 Å². The number of benzene rings is 2. The first-order chi connectivity index (χ1) is 22.9. The molecule has 5 aromatic rings. The topological polar surface area (TPSA) is 118 Å². The van der Waals surface area contributed by atoms with E-state index in [-0.39, 0.29) is 35.7 Å². The van der Waals surface area contributed by atoms with E-state index < -0.39 is 71.6 Å². The minimum absolute atomic E-state index is 0.147. The van der Waals surface area contributed by atoms with Crippen molar-refractivity contribution in [2.75, 3.05) is 0 Å². The van der Waals surface area contributed by atoms with Crippen LogP contribution in [0.5, 0.6) is 0 Å². The maximum atomic E-state index is 15.4. The fraction of sp³-hybridized carbons (Fsp3) is 0.303. The van der Waals surface area contributed by atoms with Crippen LogP contribution in [-0.4, -0.2) is 36.8 Å². The van der Waals surface area contributed by atoms with Gasteiger partial charge in [-0.1, -0.05) is 19.1 Å². The number of hydrogen-bond donors (Lipinski definition) is 3. The van der Waals surface area contributed by atoms with Gasteiger partial charge in [0.05, 0.1) is 23.4 Å². The second kappa shape index (κ2) is 10.7. The summed E-state index contributed by atoms with van der Waals surface area (Å²) in [6, 6.07) is 8.57. The lowest BCUT2D eigenvalue weighted by Crippen LogP contribution is -2.35. The molecule has 3 aromatic heterocycles. The number of aromatic nitrogens is 5. The lowest BCUT2D eigenvalue weighted by molar-refractivity contribution is -0.123. The number of nitrogens with zero attached hydrogens (tertiary/aromatic N) is 4. The standard InChI is InChI=1S/C33H25F6N7O2/c1-13-25-26-29(31(36)37)45-46(30(26)33(38,39)27(13)25)12-24(47)42-22(7-14-5-15(34)8-16(35)6-14)28-19(9-21-23(43-28)11-41-44-21)17-3-2-4-18-20(17)10-40-32(18)48/h2-6,8-9,11,13,22,25,27,31H,7,10,12H2,1H3,(H,40,48)(H,41,44)(H,42,47)/t13-,22+,25-,27-/m1/s1. The number of halogens is 6. The number of nitrogens with one attached hydrogen (secondary N) is 3. The third-order valence-corrected chi connectivity index (χ3v) is 9.58. The predicted molar refractivity (Wildman–Crippen MR) is 158 cm³/mol. The Hall–Kier alpha value is -5.21. The van der Waals surface area contributed by atoms with Gasteiger partial charge in [0.15, 0.2) is 0 Å². The molecule has 2 amide bonds. The summed E-state index contributed by atoms with van der Waals surface area (Å²) in [6.07, 6.45) is -1.88. The normalized spacial score (nSPS) is 20.8. The molecule has 1 aliphatic heterocycles. The van der Waals surface area contributed by atoms with Crippen molar-refractivity contribution in [2.24, 2.45) is 11.8 Å². The number of carbonyl (C=O) groups excluding carboxylic acids is 2. The first-order valence-corrected chi connectivity index (χ1v) is 15.2. The highest BCUT2D eigenvalue weighted by atomic mass is 19.3. The molecule has 0 bridgehead atoms. The molecule has 0 saturated heterocycles. The number of aromatic amines is 1. The van der Waals surface area contributed by atoms with Gasteiger partial charge in [0.2, 0.25) is 5.91 Å². The molecule has 8 rings (SSSR count). The number of carbonyl (C=O) groups is 2. The van der Waals surface area contributed by atoms with Gasteiger partial charge in [-0.25, -0.2) is 22.5 Å². The minimum atomic E-state index is -3.46. The van der Waals surface area contributed by atoms with Gasteiger partial charge in [0, 0.05) is 41.1 Å². The zero-order chi connectivity index (χ0) is 33.6. The molecule has 3 N–H and O–H groups in total.